The molecule has 2 N–H and O–H groups in total. The van der Waals surface area contributed by atoms with Gasteiger partial charge in [0, 0.05) is 25.2 Å². The predicted molar refractivity (Wildman–Crippen MR) is 54.7 cm³/mol. The molecule has 0 aromatic heterocycles. The Morgan fingerprint density at radius 2 is 2.23 bits per heavy atom. The van der Waals surface area contributed by atoms with Gasteiger partial charge < -0.3 is 10.4 Å². The van der Waals surface area contributed by atoms with E-state index in [1.54, 1.807) is 6.20 Å². The molecule has 13 heavy (non-hydrogen) atoms. The van der Waals surface area contributed by atoms with Gasteiger partial charge in [-0.2, -0.15) is 0 Å². The number of nitrogens with one attached hydrogen (secondary N) is 1. The minimum absolute atomic E-state index is 0.0181. The van der Waals surface area contributed by atoms with Crippen molar-refractivity contribution in [2.45, 2.75) is 38.1 Å². The Balaban J connectivity index is 2.19. The number of aliphatic hydroxyl groups is 1. The minimum atomic E-state index is 0.0181. The molecule has 0 aromatic carbocycles. The second-order valence-electron chi connectivity index (χ2n) is 3.69. The first-order chi connectivity index (χ1) is 6.27. The molecule has 0 fully saturated rings. The minimum Gasteiger partial charge on any atom is -0.396 e. The van der Waals surface area contributed by atoms with Crippen molar-refractivity contribution in [3.05, 3.63) is 12.4 Å². The fourth-order valence-electron chi connectivity index (χ4n) is 1.43. The van der Waals surface area contributed by atoms with E-state index < -0.39 is 0 Å². The van der Waals surface area contributed by atoms with Gasteiger partial charge in [-0.05, 0) is 19.8 Å². The summed E-state index contributed by atoms with van der Waals surface area (Å²) in [6, 6.07) is 0. The lowest BCUT2D eigenvalue weighted by molar-refractivity contribution is 0.280. The van der Waals surface area contributed by atoms with Crippen molar-refractivity contribution < 1.29 is 5.11 Å². The summed E-state index contributed by atoms with van der Waals surface area (Å²) in [4.78, 5) is 4.11. The van der Waals surface area contributed by atoms with Gasteiger partial charge in [0.25, 0.3) is 0 Å². The molecule has 0 aliphatic carbocycles. The number of aliphatic imine (C=N–C) groups is 1. The zero-order valence-corrected chi connectivity index (χ0v) is 8.16. The van der Waals surface area contributed by atoms with Crippen LogP contribution in [-0.2, 0) is 0 Å². The van der Waals surface area contributed by atoms with Crippen LogP contribution < -0.4 is 5.32 Å². The van der Waals surface area contributed by atoms with Crippen LogP contribution in [0.3, 0.4) is 0 Å². The summed E-state index contributed by atoms with van der Waals surface area (Å²) < 4.78 is 0. The van der Waals surface area contributed by atoms with Crippen LogP contribution in [0.5, 0.6) is 0 Å². The van der Waals surface area contributed by atoms with E-state index in [-0.39, 0.29) is 5.54 Å². The number of nitrogens with zero attached hydrogens (tertiary/aromatic N) is 1. The Kier molecular flexibility index (Phi) is 3.96. The zero-order valence-electron chi connectivity index (χ0n) is 8.16. The normalized spacial score (nSPS) is 26.0. The van der Waals surface area contributed by atoms with Gasteiger partial charge >= 0.3 is 0 Å². The molecule has 1 aliphatic heterocycles. The van der Waals surface area contributed by atoms with Gasteiger partial charge in [-0.25, -0.2) is 0 Å². The monoisotopic (exact) mass is 182 g/mol. The SMILES string of the molecule is CC1(CCCCCO)C=NC=CN1. The van der Waals surface area contributed by atoms with Gasteiger partial charge in [0.1, 0.15) is 0 Å². The molecule has 0 aromatic rings. The molecular formula is C10H18N2O. The molecule has 0 saturated heterocycles. The molecule has 74 valence electrons. The second kappa shape index (κ2) is 5.02. The lowest BCUT2D eigenvalue weighted by atomic mass is 9.95. The highest BCUT2D eigenvalue weighted by molar-refractivity contribution is 5.71. The van der Waals surface area contributed by atoms with E-state index in [2.05, 4.69) is 17.2 Å². The number of rotatable bonds is 5. The predicted octanol–water partition coefficient (Wildman–Crippen LogP) is 1.44. The number of unbranched alkanes of at least 4 members (excludes halogenated alkanes) is 2. The van der Waals surface area contributed by atoms with Crippen LogP contribution in [-0.4, -0.2) is 23.5 Å². The van der Waals surface area contributed by atoms with Crippen molar-refractivity contribution in [3.63, 3.8) is 0 Å². The molecule has 0 amide bonds. The maximum absolute atomic E-state index is 8.61. The number of aliphatic hydroxyl groups excluding tert-OH is 1. The van der Waals surface area contributed by atoms with E-state index in [1.165, 1.54) is 0 Å². The fourth-order valence-corrected chi connectivity index (χ4v) is 1.43. The third-order valence-corrected chi connectivity index (χ3v) is 2.29. The van der Waals surface area contributed by atoms with Crippen molar-refractivity contribution in [2.75, 3.05) is 6.61 Å². The van der Waals surface area contributed by atoms with E-state index in [0.29, 0.717) is 6.61 Å². The van der Waals surface area contributed by atoms with Crippen molar-refractivity contribution in [1.82, 2.24) is 5.32 Å². The third-order valence-electron chi connectivity index (χ3n) is 2.29. The second-order valence-corrected chi connectivity index (χ2v) is 3.69. The Hall–Kier alpha value is -0.830. The highest BCUT2D eigenvalue weighted by Gasteiger charge is 2.20. The topological polar surface area (TPSA) is 44.6 Å². The quantitative estimate of drug-likeness (QED) is 0.632. The van der Waals surface area contributed by atoms with Gasteiger partial charge in [0.05, 0.1) is 5.54 Å². The first-order valence-electron chi connectivity index (χ1n) is 4.85. The summed E-state index contributed by atoms with van der Waals surface area (Å²) in [6.45, 7) is 2.44. The average molecular weight is 182 g/mol. The van der Waals surface area contributed by atoms with Crippen molar-refractivity contribution in [3.8, 4) is 0 Å². The Labute approximate surface area is 79.6 Å². The van der Waals surface area contributed by atoms with Crippen molar-refractivity contribution in [2.24, 2.45) is 4.99 Å². The van der Waals surface area contributed by atoms with E-state index in [4.69, 9.17) is 5.11 Å². The highest BCUT2D eigenvalue weighted by Crippen LogP contribution is 2.14. The molecule has 1 rings (SSSR count). The van der Waals surface area contributed by atoms with E-state index in [0.717, 1.165) is 25.7 Å². The average Bonchev–Trinajstić information content (AvgIpc) is 2.14. The van der Waals surface area contributed by atoms with E-state index >= 15 is 0 Å². The van der Waals surface area contributed by atoms with Crippen LogP contribution in [0.15, 0.2) is 17.4 Å². The van der Waals surface area contributed by atoms with Crippen molar-refractivity contribution >= 4 is 6.21 Å². The van der Waals surface area contributed by atoms with E-state index in [1.807, 2.05) is 12.4 Å². The Morgan fingerprint density at radius 3 is 2.85 bits per heavy atom. The molecule has 1 aliphatic rings. The number of hydrogen-bond donors (Lipinski definition) is 2. The van der Waals surface area contributed by atoms with Crippen LogP contribution in [0.4, 0.5) is 0 Å². The summed E-state index contributed by atoms with van der Waals surface area (Å²) in [7, 11) is 0. The summed E-state index contributed by atoms with van der Waals surface area (Å²) in [5.74, 6) is 0. The summed E-state index contributed by atoms with van der Waals surface area (Å²) in [5, 5.41) is 11.9. The summed E-state index contributed by atoms with van der Waals surface area (Å²) >= 11 is 0. The maximum Gasteiger partial charge on any atom is 0.0693 e. The fraction of sp³-hybridized carbons (Fsp3) is 0.700. The van der Waals surface area contributed by atoms with Gasteiger partial charge in [-0.3, -0.25) is 4.99 Å². The summed E-state index contributed by atoms with van der Waals surface area (Å²) in [6.07, 6.45) is 9.78. The molecule has 0 saturated carbocycles. The lowest BCUT2D eigenvalue weighted by Gasteiger charge is -2.27. The van der Waals surface area contributed by atoms with Crippen molar-refractivity contribution in [1.29, 1.82) is 0 Å². The lowest BCUT2D eigenvalue weighted by Crippen LogP contribution is -2.41. The van der Waals surface area contributed by atoms with Crippen LogP contribution in [0.1, 0.15) is 32.6 Å². The van der Waals surface area contributed by atoms with Crippen LogP contribution in [0, 0.1) is 0 Å². The molecule has 3 heteroatoms. The Morgan fingerprint density at radius 1 is 1.38 bits per heavy atom. The molecule has 0 bridgehead atoms. The van der Waals surface area contributed by atoms with Gasteiger partial charge in [0.2, 0.25) is 0 Å². The first kappa shape index (κ1) is 10.3. The highest BCUT2D eigenvalue weighted by atomic mass is 16.2. The standard InChI is InChI=1S/C10H18N2O/c1-10(5-3-2-4-8-13)9-11-6-7-12-10/h6-7,9,12-13H,2-5,8H2,1H3. The Bertz CT molecular complexity index is 201. The molecule has 1 atom stereocenters. The van der Waals surface area contributed by atoms with Gasteiger partial charge in [0.15, 0.2) is 0 Å². The number of hydrogen-bond acceptors (Lipinski definition) is 3. The van der Waals surface area contributed by atoms with Crippen LogP contribution in [0.25, 0.3) is 0 Å². The maximum atomic E-state index is 8.61. The third kappa shape index (κ3) is 3.59. The molecule has 3 nitrogen and oxygen atoms in total. The van der Waals surface area contributed by atoms with Gasteiger partial charge in [-0.1, -0.05) is 12.8 Å². The molecule has 1 unspecified atom stereocenters. The summed E-state index contributed by atoms with van der Waals surface area (Å²) in [5.41, 5.74) is 0.0181. The van der Waals surface area contributed by atoms with Crippen LogP contribution in [0.2, 0.25) is 0 Å². The van der Waals surface area contributed by atoms with Crippen LogP contribution >= 0.6 is 0 Å². The molecule has 1 heterocycles. The molecular weight excluding hydrogens is 164 g/mol. The molecule has 0 radical (unpaired) electrons. The zero-order chi connectivity index (χ0) is 9.57. The van der Waals surface area contributed by atoms with E-state index in [9.17, 15) is 0 Å². The first-order valence-corrected chi connectivity index (χ1v) is 4.85. The molecule has 0 spiro atoms. The van der Waals surface area contributed by atoms with Gasteiger partial charge in [-0.15, -0.1) is 0 Å². The smallest absolute Gasteiger partial charge is 0.0693 e. The largest absolute Gasteiger partial charge is 0.396 e.